The molecule has 3 amide bonds. The molecule has 1 heterocycles. The lowest BCUT2D eigenvalue weighted by molar-refractivity contribution is -0.172. The normalized spacial score (nSPS) is 19.2. The second-order valence-electron chi connectivity index (χ2n) is 4.00. The molecular weight excluding hydrogens is 210 g/mol. The van der Waals surface area contributed by atoms with Gasteiger partial charge in [0, 0.05) is 0 Å². The van der Waals surface area contributed by atoms with Gasteiger partial charge in [0.1, 0.15) is 6.04 Å². The van der Waals surface area contributed by atoms with E-state index in [4.69, 9.17) is 10.6 Å². The Morgan fingerprint density at radius 1 is 1.56 bits per heavy atom. The van der Waals surface area contributed by atoms with Gasteiger partial charge < -0.3 is 11.1 Å². The minimum Gasteiger partial charge on any atom is -0.352 e. The van der Waals surface area contributed by atoms with Crippen LogP contribution in [0.3, 0.4) is 0 Å². The molecule has 3 N–H and O–H groups in total. The quantitative estimate of drug-likeness (QED) is 0.723. The van der Waals surface area contributed by atoms with E-state index in [-0.39, 0.29) is 11.8 Å². The van der Waals surface area contributed by atoms with Crippen LogP contribution in [-0.2, 0) is 9.63 Å². The first-order chi connectivity index (χ1) is 7.56. The third kappa shape index (κ3) is 3.10. The first kappa shape index (κ1) is 12.8. The van der Waals surface area contributed by atoms with Crippen LogP contribution < -0.4 is 11.1 Å². The molecule has 0 aromatic heterocycles. The molecule has 2 unspecified atom stereocenters. The second kappa shape index (κ2) is 5.69. The number of nitrogens with one attached hydrogen (secondary N) is 1. The van der Waals surface area contributed by atoms with E-state index in [2.05, 4.69) is 5.32 Å². The van der Waals surface area contributed by atoms with Gasteiger partial charge in [0.05, 0.1) is 13.2 Å². The van der Waals surface area contributed by atoms with E-state index < -0.39 is 12.1 Å². The van der Waals surface area contributed by atoms with E-state index in [0.29, 0.717) is 13.2 Å². The van der Waals surface area contributed by atoms with Crippen LogP contribution in [0.2, 0.25) is 0 Å². The summed E-state index contributed by atoms with van der Waals surface area (Å²) in [6.45, 7) is 4.98. The van der Waals surface area contributed by atoms with E-state index in [0.717, 1.165) is 12.8 Å². The number of hydrogen-bond donors (Lipinski definition) is 2. The SMILES string of the molecule is CCC(C)C(NC(N)=O)C(=O)N1CCCO1. The predicted molar refractivity (Wildman–Crippen MR) is 58.2 cm³/mol. The fraction of sp³-hybridized carbons (Fsp3) is 0.800. The highest BCUT2D eigenvalue weighted by Crippen LogP contribution is 2.14. The van der Waals surface area contributed by atoms with Crippen molar-refractivity contribution in [1.82, 2.24) is 10.4 Å². The van der Waals surface area contributed by atoms with Crippen LogP contribution in [0.15, 0.2) is 0 Å². The number of nitrogens with zero attached hydrogens (tertiary/aromatic N) is 1. The predicted octanol–water partition coefficient (Wildman–Crippen LogP) is 0.233. The van der Waals surface area contributed by atoms with Gasteiger partial charge >= 0.3 is 6.03 Å². The maximum atomic E-state index is 12.0. The minimum atomic E-state index is -0.683. The van der Waals surface area contributed by atoms with Crippen molar-refractivity contribution in [2.24, 2.45) is 11.7 Å². The Morgan fingerprint density at radius 3 is 2.69 bits per heavy atom. The van der Waals surface area contributed by atoms with Crippen molar-refractivity contribution >= 4 is 11.9 Å². The third-order valence-electron chi connectivity index (χ3n) is 2.78. The molecular formula is C10H19N3O3. The molecule has 2 atom stereocenters. The summed E-state index contributed by atoms with van der Waals surface area (Å²) in [5.74, 6) is -0.185. The first-order valence-electron chi connectivity index (χ1n) is 5.56. The lowest BCUT2D eigenvalue weighted by Crippen LogP contribution is -2.52. The summed E-state index contributed by atoms with van der Waals surface area (Å²) in [5, 5.41) is 3.79. The van der Waals surface area contributed by atoms with Gasteiger partial charge in [-0.3, -0.25) is 9.63 Å². The zero-order valence-electron chi connectivity index (χ0n) is 9.73. The van der Waals surface area contributed by atoms with Crippen LogP contribution in [0.25, 0.3) is 0 Å². The largest absolute Gasteiger partial charge is 0.352 e. The monoisotopic (exact) mass is 229 g/mol. The van der Waals surface area contributed by atoms with E-state index in [1.165, 1.54) is 5.06 Å². The molecule has 1 saturated heterocycles. The Balaban J connectivity index is 2.66. The second-order valence-corrected chi connectivity index (χ2v) is 4.00. The van der Waals surface area contributed by atoms with E-state index in [9.17, 15) is 9.59 Å². The summed E-state index contributed by atoms with van der Waals surface area (Å²) < 4.78 is 0. The Hall–Kier alpha value is -1.30. The molecule has 6 nitrogen and oxygen atoms in total. The van der Waals surface area contributed by atoms with Crippen LogP contribution in [0.4, 0.5) is 4.79 Å². The van der Waals surface area contributed by atoms with Crippen molar-refractivity contribution in [3.8, 4) is 0 Å². The lowest BCUT2D eigenvalue weighted by Gasteiger charge is -2.26. The van der Waals surface area contributed by atoms with Gasteiger partial charge in [0.15, 0.2) is 0 Å². The van der Waals surface area contributed by atoms with Crippen LogP contribution in [-0.4, -0.2) is 36.2 Å². The fourth-order valence-electron chi connectivity index (χ4n) is 1.61. The van der Waals surface area contributed by atoms with Crippen LogP contribution in [0.1, 0.15) is 26.7 Å². The summed E-state index contributed by atoms with van der Waals surface area (Å²) in [4.78, 5) is 28.0. The summed E-state index contributed by atoms with van der Waals surface area (Å²) in [7, 11) is 0. The van der Waals surface area contributed by atoms with Gasteiger partial charge in [-0.25, -0.2) is 9.86 Å². The Labute approximate surface area is 95.1 Å². The van der Waals surface area contributed by atoms with Gasteiger partial charge in [-0.2, -0.15) is 0 Å². The number of primary amides is 1. The zero-order chi connectivity index (χ0) is 12.1. The Bertz CT molecular complexity index is 264. The number of urea groups is 1. The molecule has 1 rings (SSSR count). The molecule has 0 aliphatic carbocycles. The van der Waals surface area contributed by atoms with Crippen molar-refractivity contribution in [2.45, 2.75) is 32.7 Å². The van der Waals surface area contributed by atoms with E-state index in [1.807, 2.05) is 13.8 Å². The fourth-order valence-corrected chi connectivity index (χ4v) is 1.61. The number of nitrogens with two attached hydrogens (primary N) is 1. The smallest absolute Gasteiger partial charge is 0.312 e. The molecule has 0 saturated carbocycles. The third-order valence-corrected chi connectivity index (χ3v) is 2.78. The maximum Gasteiger partial charge on any atom is 0.312 e. The van der Waals surface area contributed by atoms with Gasteiger partial charge in [0.25, 0.3) is 5.91 Å². The molecule has 1 aliphatic rings. The van der Waals surface area contributed by atoms with E-state index in [1.54, 1.807) is 0 Å². The summed E-state index contributed by atoms with van der Waals surface area (Å²) >= 11 is 0. The topological polar surface area (TPSA) is 84.7 Å². The minimum absolute atomic E-state index is 0.0317. The molecule has 1 aliphatic heterocycles. The highest BCUT2D eigenvalue weighted by molar-refractivity contribution is 5.86. The number of rotatable bonds is 4. The molecule has 0 aromatic carbocycles. The zero-order valence-corrected chi connectivity index (χ0v) is 9.73. The summed E-state index contributed by atoms with van der Waals surface area (Å²) in [6, 6.07) is -1.28. The molecule has 0 radical (unpaired) electrons. The van der Waals surface area contributed by atoms with Gasteiger partial charge in [-0.1, -0.05) is 20.3 Å². The van der Waals surface area contributed by atoms with Crippen molar-refractivity contribution < 1.29 is 14.4 Å². The Morgan fingerprint density at radius 2 is 2.25 bits per heavy atom. The Kier molecular flexibility index (Phi) is 4.54. The molecule has 16 heavy (non-hydrogen) atoms. The highest BCUT2D eigenvalue weighted by atomic mass is 16.7. The standard InChI is InChI=1S/C10H19N3O3/c1-3-7(2)8(12-10(11)15)9(14)13-5-4-6-16-13/h7-8H,3-6H2,1-2H3,(H3,11,12,15). The summed E-state index contributed by atoms with van der Waals surface area (Å²) in [5.41, 5.74) is 5.06. The first-order valence-corrected chi connectivity index (χ1v) is 5.56. The van der Waals surface area contributed by atoms with Gasteiger partial charge in [-0.05, 0) is 12.3 Å². The number of carbonyl (C=O) groups is 2. The van der Waals surface area contributed by atoms with Crippen molar-refractivity contribution in [2.75, 3.05) is 13.2 Å². The van der Waals surface area contributed by atoms with E-state index >= 15 is 0 Å². The van der Waals surface area contributed by atoms with Crippen LogP contribution in [0, 0.1) is 5.92 Å². The molecule has 6 heteroatoms. The highest BCUT2D eigenvalue weighted by Gasteiger charge is 2.31. The van der Waals surface area contributed by atoms with Gasteiger partial charge in [0.2, 0.25) is 0 Å². The van der Waals surface area contributed by atoms with Gasteiger partial charge in [-0.15, -0.1) is 0 Å². The average molecular weight is 229 g/mol. The molecule has 0 spiro atoms. The molecule has 0 bridgehead atoms. The van der Waals surface area contributed by atoms with Crippen molar-refractivity contribution in [3.63, 3.8) is 0 Å². The number of hydroxylamine groups is 2. The number of carbonyl (C=O) groups excluding carboxylic acids is 2. The van der Waals surface area contributed by atoms with Crippen molar-refractivity contribution in [1.29, 1.82) is 0 Å². The van der Waals surface area contributed by atoms with Crippen LogP contribution >= 0.6 is 0 Å². The molecule has 0 aromatic rings. The maximum absolute atomic E-state index is 12.0. The van der Waals surface area contributed by atoms with Crippen LogP contribution in [0.5, 0.6) is 0 Å². The van der Waals surface area contributed by atoms with Crippen molar-refractivity contribution in [3.05, 3.63) is 0 Å². The lowest BCUT2D eigenvalue weighted by atomic mass is 9.98. The molecule has 1 fully saturated rings. The number of amides is 3. The summed E-state index contributed by atoms with van der Waals surface area (Å²) in [6.07, 6.45) is 1.61. The average Bonchev–Trinajstić information content (AvgIpc) is 2.77. The molecule has 92 valence electrons. The number of hydrogen-bond acceptors (Lipinski definition) is 3.